The molecule has 1 aromatic heterocycles. The Labute approximate surface area is 198 Å². The van der Waals surface area contributed by atoms with E-state index < -0.39 is 5.54 Å². The summed E-state index contributed by atoms with van der Waals surface area (Å²) in [6.45, 7) is 2.16. The van der Waals surface area contributed by atoms with Gasteiger partial charge in [-0.05, 0) is 48.9 Å². The molecule has 7 rings (SSSR count). The van der Waals surface area contributed by atoms with Gasteiger partial charge >= 0.3 is 0 Å². The van der Waals surface area contributed by atoms with Crippen LogP contribution in [0.5, 0.6) is 0 Å². The van der Waals surface area contributed by atoms with E-state index in [-0.39, 0.29) is 11.8 Å². The number of hydrogen-bond donors (Lipinski definition) is 0. The molecule has 3 fully saturated rings. The fourth-order valence-electron chi connectivity index (χ4n) is 5.33. The van der Waals surface area contributed by atoms with Gasteiger partial charge < -0.3 is 9.47 Å². The molecule has 0 bridgehead atoms. The van der Waals surface area contributed by atoms with Crippen molar-refractivity contribution in [2.45, 2.75) is 31.2 Å². The lowest BCUT2D eigenvalue weighted by Gasteiger charge is -2.41. The van der Waals surface area contributed by atoms with Gasteiger partial charge in [-0.3, -0.25) is 19.5 Å². The van der Waals surface area contributed by atoms with Crippen molar-refractivity contribution in [2.24, 2.45) is 23.9 Å². The summed E-state index contributed by atoms with van der Waals surface area (Å²) in [5.41, 5.74) is 4.77. The Morgan fingerprint density at radius 3 is 2.44 bits per heavy atom. The average molecular weight is 454 g/mol. The van der Waals surface area contributed by atoms with Crippen molar-refractivity contribution >= 4 is 28.7 Å². The summed E-state index contributed by atoms with van der Waals surface area (Å²) < 4.78 is 2.02. The fraction of sp³-hybridized carbons (Fsp3) is 0.407. The molecule has 0 atom stereocenters. The number of amides is 2. The molecule has 1 spiro atoms. The van der Waals surface area contributed by atoms with Gasteiger partial charge in [0.1, 0.15) is 11.4 Å². The van der Waals surface area contributed by atoms with Crippen LogP contribution in [-0.4, -0.2) is 62.2 Å². The monoisotopic (exact) mass is 453 g/mol. The molecular formula is C27H27N5O2. The molecule has 2 aliphatic carbocycles. The van der Waals surface area contributed by atoms with E-state index >= 15 is 0 Å². The fourth-order valence-corrected chi connectivity index (χ4v) is 5.33. The highest BCUT2D eigenvalue weighted by Crippen LogP contribution is 2.46. The first kappa shape index (κ1) is 19.9. The van der Waals surface area contributed by atoms with Crippen LogP contribution in [-0.2, 0) is 16.6 Å². The van der Waals surface area contributed by atoms with E-state index in [0.29, 0.717) is 18.4 Å². The van der Waals surface area contributed by atoms with E-state index in [1.807, 2.05) is 27.7 Å². The molecule has 0 radical (unpaired) electrons. The summed E-state index contributed by atoms with van der Waals surface area (Å²) >= 11 is 0. The van der Waals surface area contributed by atoms with Crippen molar-refractivity contribution in [2.75, 3.05) is 19.6 Å². The molecule has 1 saturated heterocycles. The third kappa shape index (κ3) is 3.10. The first-order valence-electron chi connectivity index (χ1n) is 12.2. The molecule has 3 aromatic rings. The van der Waals surface area contributed by atoms with Gasteiger partial charge in [-0.25, -0.2) is 4.98 Å². The smallest absolute Gasteiger partial charge is 0.256 e. The second-order valence-electron chi connectivity index (χ2n) is 10.4. The molecule has 172 valence electrons. The van der Waals surface area contributed by atoms with Crippen molar-refractivity contribution in [3.05, 3.63) is 54.4 Å². The maximum absolute atomic E-state index is 13.2. The highest BCUT2D eigenvalue weighted by atomic mass is 16.2. The van der Waals surface area contributed by atoms with Gasteiger partial charge in [-0.2, -0.15) is 0 Å². The number of aryl methyl sites for hydroxylation is 1. The molecule has 3 heterocycles. The minimum atomic E-state index is -0.523. The van der Waals surface area contributed by atoms with Crippen molar-refractivity contribution in [3.8, 4) is 11.1 Å². The average Bonchev–Trinajstić information content (AvgIpc) is 3.75. The Kier molecular flexibility index (Phi) is 4.11. The minimum absolute atomic E-state index is 0.138. The number of likely N-dealkylation sites (tertiary alicyclic amines) is 1. The zero-order valence-corrected chi connectivity index (χ0v) is 19.3. The first-order chi connectivity index (χ1) is 16.5. The van der Waals surface area contributed by atoms with Crippen molar-refractivity contribution in [1.82, 2.24) is 19.4 Å². The largest absolute Gasteiger partial charge is 0.342 e. The standard InChI is InChI=1S/C27H27N5O2/c1-30-16-28-22-12-21(8-9-23(22)30)18-2-4-19(5-3-18)24-29-27(10-11-27)26(34)32(24)15-17-13-31(14-17)25(33)20-6-7-20/h2-5,8-9,12,16-17,20H,6-7,10-11,13-15H2,1H3. The summed E-state index contributed by atoms with van der Waals surface area (Å²) in [5, 5.41) is 0. The van der Waals surface area contributed by atoms with Crippen LogP contribution in [0.15, 0.2) is 53.8 Å². The van der Waals surface area contributed by atoms with Crippen molar-refractivity contribution in [1.29, 1.82) is 0 Å². The minimum Gasteiger partial charge on any atom is -0.342 e. The van der Waals surface area contributed by atoms with Gasteiger partial charge in [-0.1, -0.05) is 30.3 Å². The molecular weight excluding hydrogens is 426 g/mol. The third-order valence-electron chi connectivity index (χ3n) is 7.78. The van der Waals surface area contributed by atoms with Gasteiger partial charge in [0.2, 0.25) is 5.91 Å². The number of rotatable bonds is 5. The number of carbonyl (C=O) groups excluding carboxylic acids is 2. The molecule has 0 N–H and O–H groups in total. The second-order valence-corrected chi connectivity index (χ2v) is 10.4. The number of amidine groups is 1. The molecule has 2 amide bonds. The number of nitrogens with zero attached hydrogens (tertiary/aromatic N) is 5. The van der Waals surface area contributed by atoms with E-state index in [1.54, 1.807) is 0 Å². The summed E-state index contributed by atoms with van der Waals surface area (Å²) in [5.74, 6) is 1.82. The predicted molar refractivity (Wildman–Crippen MR) is 129 cm³/mol. The molecule has 0 unspecified atom stereocenters. The zero-order chi connectivity index (χ0) is 23.0. The lowest BCUT2D eigenvalue weighted by atomic mass is 9.97. The topological polar surface area (TPSA) is 70.8 Å². The Morgan fingerprint density at radius 2 is 1.74 bits per heavy atom. The van der Waals surface area contributed by atoms with Crippen LogP contribution in [0.4, 0.5) is 0 Å². The van der Waals surface area contributed by atoms with Gasteiger partial charge in [0.15, 0.2) is 0 Å². The molecule has 4 aliphatic rings. The Bertz CT molecular complexity index is 1360. The van der Waals surface area contributed by atoms with Crippen molar-refractivity contribution in [3.63, 3.8) is 0 Å². The lowest BCUT2D eigenvalue weighted by molar-refractivity contribution is -0.139. The van der Waals surface area contributed by atoms with Gasteiger partial charge in [0.05, 0.1) is 17.4 Å². The summed E-state index contributed by atoms with van der Waals surface area (Å²) in [4.78, 5) is 38.7. The number of imidazole rings is 1. The highest BCUT2D eigenvalue weighted by molar-refractivity contribution is 6.16. The van der Waals surface area contributed by atoms with E-state index in [2.05, 4.69) is 47.4 Å². The predicted octanol–water partition coefficient (Wildman–Crippen LogP) is 3.23. The molecule has 7 heteroatoms. The van der Waals surface area contributed by atoms with E-state index in [9.17, 15) is 9.59 Å². The van der Waals surface area contributed by atoms with Gasteiger partial charge in [0.25, 0.3) is 5.91 Å². The van der Waals surface area contributed by atoms with Crippen LogP contribution in [0, 0.1) is 11.8 Å². The second kappa shape index (κ2) is 7.01. The van der Waals surface area contributed by atoms with Crippen LogP contribution in [0.1, 0.15) is 31.2 Å². The first-order valence-corrected chi connectivity index (χ1v) is 12.2. The summed E-state index contributed by atoms with van der Waals surface area (Å²) in [6.07, 6.45) is 5.58. The molecule has 2 aromatic carbocycles. The molecule has 34 heavy (non-hydrogen) atoms. The van der Waals surface area contributed by atoms with Crippen LogP contribution in [0.25, 0.3) is 22.2 Å². The Hall–Kier alpha value is -3.48. The Balaban J connectivity index is 1.11. The summed E-state index contributed by atoms with van der Waals surface area (Å²) in [6, 6.07) is 14.7. The molecule has 7 nitrogen and oxygen atoms in total. The lowest BCUT2D eigenvalue weighted by Crippen LogP contribution is -2.55. The SMILES string of the molecule is Cn1cnc2cc(-c3ccc(C4=NC5(CC5)C(=O)N4CC4CN(C(=O)C5CC5)C4)cc3)ccc21. The quantitative estimate of drug-likeness (QED) is 0.596. The normalized spacial score (nSPS) is 21.3. The number of benzene rings is 2. The van der Waals surface area contributed by atoms with Crippen LogP contribution < -0.4 is 0 Å². The maximum Gasteiger partial charge on any atom is 0.256 e. The number of aliphatic imine (C=N–C) groups is 1. The van der Waals surface area contributed by atoms with E-state index in [1.165, 1.54) is 0 Å². The molecule has 2 saturated carbocycles. The van der Waals surface area contributed by atoms with Crippen LogP contribution in [0.2, 0.25) is 0 Å². The van der Waals surface area contributed by atoms with Crippen molar-refractivity contribution < 1.29 is 9.59 Å². The number of carbonyl (C=O) groups is 2. The number of aromatic nitrogens is 2. The maximum atomic E-state index is 13.2. The highest BCUT2D eigenvalue weighted by Gasteiger charge is 2.57. The number of fused-ring (bicyclic) bond motifs is 1. The Morgan fingerprint density at radius 1 is 1.03 bits per heavy atom. The van der Waals surface area contributed by atoms with Gasteiger partial charge in [0, 0.05) is 44.1 Å². The third-order valence-corrected chi connectivity index (χ3v) is 7.78. The zero-order valence-electron chi connectivity index (χ0n) is 19.3. The number of hydrogen-bond acceptors (Lipinski definition) is 4. The van der Waals surface area contributed by atoms with E-state index in [4.69, 9.17) is 4.99 Å². The summed E-state index contributed by atoms with van der Waals surface area (Å²) in [7, 11) is 2.00. The van der Waals surface area contributed by atoms with Crippen LogP contribution in [0.3, 0.4) is 0 Å². The van der Waals surface area contributed by atoms with Gasteiger partial charge in [-0.15, -0.1) is 0 Å². The van der Waals surface area contributed by atoms with E-state index in [0.717, 1.165) is 72.3 Å². The van der Waals surface area contributed by atoms with Crippen LogP contribution >= 0.6 is 0 Å². The molecule has 2 aliphatic heterocycles.